The zero-order valence-electron chi connectivity index (χ0n) is 10.8. The van der Waals surface area contributed by atoms with E-state index in [-0.39, 0.29) is 5.75 Å². The number of hydrogen-bond acceptors (Lipinski definition) is 4. The van der Waals surface area contributed by atoms with E-state index in [2.05, 4.69) is 0 Å². The van der Waals surface area contributed by atoms with Gasteiger partial charge < -0.3 is 9.84 Å². The summed E-state index contributed by atoms with van der Waals surface area (Å²) < 4.78 is 57.6. The fourth-order valence-corrected chi connectivity index (χ4v) is 3.35. The number of carbonyl (C=O) groups is 1. The Hall–Kier alpha value is -1.74. The lowest BCUT2D eigenvalue weighted by Gasteiger charge is -2.13. The van der Waals surface area contributed by atoms with Crippen LogP contribution in [0, 0.1) is 11.6 Å². The van der Waals surface area contributed by atoms with Crippen molar-refractivity contribution in [1.82, 2.24) is 0 Å². The predicted molar refractivity (Wildman–Crippen MR) is 69.7 cm³/mol. The van der Waals surface area contributed by atoms with Crippen LogP contribution in [0.5, 0.6) is 0 Å². The summed E-state index contributed by atoms with van der Waals surface area (Å²) >= 11 is 0. The summed E-state index contributed by atoms with van der Waals surface area (Å²) in [5.41, 5.74) is -1.42. The third-order valence-electron chi connectivity index (χ3n) is 2.98. The van der Waals surface area contributed by atoms with Gasteiger partial charge in [-0.1, -0.05) is 0 Å². The average molecular weight is 321 g/mol. The quantitative estimate of drug-likeness (QED) is 0.859. The van der Waals surface area contributed by atoms with Crippen LogP contribution in [0.15, 0.2) is 12.1 Å². The van der Waals surface area contributed by atoms with E-state index in [1.807, 2.05) is 4.72 Å². The van der Waals surface area contributed by atoms with Crippen molar-refractivity contribution in [2.45, 2.75) is 18.9 Å². The van der Waals surface area contributed by atoms with E-state index < -0.39 is 45.0 Å². The first-order valence-corrected chi connectivity index (χ1v) is 7.78. The molecule has 2 rings (SSSR count). The molecule has 0 radical (unpaired) electrons. The number of carboxylic acid groups (broad SMARTS) is 1. The highest BCUT2D eigenvalue weighted by Gasteiger charge is 2.25. The first kappa shape index (κ1) is 15.6. The Balaban J connectivity index is 2.21. The van der Waals surface area contributed by atoms with Gasteiger partial charge in [-0.15, -0.1) is 0 Å². The normalized spacial score (nSPS) is 18.7. The average Bonchev–Trinajstić information content (AvgIpc) is 2.84. The molecule has 9 heteroatoms. The summed E-state index contributed by atoms with van der Waals surface area (Å²) in [7, 11) is -3.93. The lowest BCUT2D eigenvalue weighted by Crippen LogP contribution is -2.26. The number of rotatable bonds is 5. The molecule has 2 N–H and O–H groups in total. The van der Waals surface area contributed by atoms with Gasteiger partial charge in [0.1, 0.15) is 11.6 Å². The molecule has 116 valence electrons. The standard InChI is InChI=1S/C12H13F2NO5S/c13-9-5-10(14)11(4-8(9)12(16)17)15-21(18,19)6-7-2-1-3-20-7/h4-5,7,15H,1-3,6H2,(H,16,17). The van der Waals surface area contributed by atoms with Crippen LogP contribution in [0.2, 0.25) is 0 Å². The highest BCUT2D eigenvalue weighted by Crippen LogP contribution is 2.22. The molecule has 1 atom stereocenters. The summed E-state index contributed by atoms with van der Waals surface area (Å²) in [5, 5.41) is 8.75. The molecule has 21 heavy (non-hydrogen) atoms. The molecule has 6 nitrogen and oxygen atoms in total. The van der Waals surface area contributed by atoms with E-state index >= 15 is 0 Å². The molecule has 1 aromatic carbocycles. The van der Waals surface area contributed by atoms with Gasteiger partial charge in [-0.25, -0.2) is 22.0 Å². The van der Waals surface area contributed by atoms with Crippen molar-refractivity contribution in [3.63, 3.8) is 0 Å². The van der Waals surface area contributed by atoms with Gasteiger partial charge in [0.05, 0.1) is 23.1 Å². The number of anilines is 1. The number of benzene rings is 1. The van der Waals surface area contributed by atoms with Crippen LogP contribution in [0.25, 0.3) is 0 Å². The van der Waals surface area contributed by atoms with Gasteiger partial charge in [0.15, 0.2) is 0 Å². The van der Waals surface area contributed by atoms with Gasteiger partial charge in [0, 0.05) is 12.7 Å². The number of halogens is 2. The maximum atomic E-state index is 13.5. The Morgan fingerprint density at radius 3 is 2.67 bits per heavy atom. The Labute approximate surface area is 119 Å². The maximum Gasteiger partial charge on any atom is 0.338 e. The van der Waals surface area contributed by atoms with Crippen LogP contribution in [0.1, 0.15) is 23.2 Å². The van der Waals surface area contributed by atoms with Gasteiger partial charge >= 0.3 is 5.97 Å². The molecule has 0 amide bonds. The molecule has 0 bridgehead atoms. The van der Waals surface area contributed by atoms with Gasteiger partial charge in [0.2, 0.25) is 10.0 Å². The number of sulfonamides is 1. The van der Waals surface area contributed by atoms with Crippen LogP contribution >= 0.6 is 0 Å². The van der Waals surface area contributed by atoms with Crippen molar-refractivity contribution < 1.29 is 31.8 Å². The minimum absolute atomic E-state index is 0.327. The first-order chi connectivity index (χ1) is 9.78. The summed E-state index contributed by atoms with van der Waals surface area (Å²) in [6.45, 7) is 0.467. The molecule has 1 aliphatic rings. The topological polar surface area (TPSA) is 92.7 Å². The predicted octanol–water partition coefficient (Wildman–Crippen LogP) is 1.58. The molecular weight excluding hydrogens is 308 g/mol. The number of nitrogens with one attached hydrogen (secondary N) is 1. The summed E-state index contributed by atoms with van der Waals surface area (Å²) in [6.07, 6.45) is 0.839. The fraction of sp³-hybridized carbons (Fsp3) is 0.417. The van der Waals surface area contributed by atoms with E-state index in [9.17, 15) is 22.0 Å². The maximum absolute atomic E-state index is 13.5. The van der Waals surface area contributed by atoms with E-state index in [1.165, 1.54) is 0 Å². The lowest BCUT2D eigenvalue weighted by atomic mass is 10.2. The third-order valence-corrected chi connectivity index (χ3v) is 4.32. The van der Waals surface area contributed by atoms with Crippen molar-refractivity contribution in [1.29, 1.82) is 0 Å². The highest BCUT2D eigenvalue weighted by molar-refractivity contribution is 7.92. The van der Waals surface area contributed by atoms with Gasteiger partial charge in [0.25, 0.3) is 0 Å². The molecule has 0 spiro atoms. The van der Waals surface area contributed by atoms with Crippen molar-refractivity contribution in [2.75, 3.05) is 17.1 Å². The van der Waals surface area contributed by atoms with Gasteiger partial charge in [-0.05, 0) is 18.9 Å². The second-order valence-corrected chi connectivity index (χ2v) is 6.40. The molecule has 1 heterocycles. The van der Waals surface area contributed by atoms with Crippen LogP contribution in [0.4, 0.5) is 14.5 Å². The molecule has 1 aromatic rings. The summed E-state index contributed by atoms with van der Waals surface area (Å²) in [4.78, 5) is 10.8. The van der Waals surface area contributed by atoms with Gasteiger partial charge in [-0.2, -0.15) is 0 Å². The summed E-state index contributed by atoms with van der Waals surface area (Å²) in [6, 6.07) is 0.938. The zero-order valence-corrected chi connectivity index (χ0v) is 11.6. The smallest absolute Gasteiger partial charge is 0.338 e. The Morgan fingerprint density at radius 1 is 1.38 bits per heavy atom. The van der Waals surface area contributed by atoms with Crippen molar-refractivity contribution in [3.8, 4) is 0 Å². The van der Waals surface area contributed by atoms with Crippen molar-refractivity contribution in [3.05, 3.63) is 29.3 Å². The molecule has 1 unspecified atom stereocenters. The molecule has 0 aromatic heterocycles. The largest absolute Gasteiger partial charge is 0.478 e. The second kappa shape index (κ2) is 5.94. The minimum Gasteiger partial charge on any atom is -0.478 e. The van der Waals surface area contributed by atoms with E-state index in [0.29, 0.717) is 25.2 Å². The van der Waals surface area contributed by atoms with Crippen LogP contribution in [0.3, 0.4) is 0 Å². The fourth-order valence-electron chi connectivity index (χ4n) is 2.02. The minimum atomic E-state index is -3.93. The van der Waals surface area contributed by atoms with Crippen LogP contribution in [-0.2, 0) is 14.8 Å². The highest BCUT2D eigenvalue weighted by atomic mass is 32.2. The Kier molecular flexibility index (Phi) is 4.43. The lowest BCUT2D eigenvalue weighted by molar-refractivity contribution is 0.0692. The van der Waals surface area contributed by atoms with E-state index in [4.69, 9.17) is 9.84 Å². The van der Waals surface area contributed by atoms with Gasteiger partial charge in [-0.3, -0.25) is 4.72 Å². The van der Waals surface area contributed by atoms with E-state index in [1.54, 1.807) is 0 Å². The SMILES string of the molecule is O=C(O)c1cc(NS(=O)(=O)CC2CCCO2)c(F)cc1F. The molecule has 1 fully saturated rings. The number of ether oxygens (including phenoxy) is 1. The first-order valence-electron chi connectivity index (χ1n) is 6.13. The third kappa shape index (κ3) is 3.88. The zero-order chi connectivity index (χ0) is 15.6. The summed E-state index contributed by atoms with van der Waals surface area (Å²) in [5.74, 6) is -4.45. The second-order valence-electron chi connectivity index (χ2n) is 4.64. The van der Waals surface area contributed by atoms with Crippen LogP contribution in [-0.4, -0.2) is 38.0 Å². The molecular formula is C12H13F2NO5S. The monoisotopic (exact) mass is 321 g/mol. The molecule has 1 saturated heterocycles. The Morgan fingerprint density at radius 2 is 2.10 bits per heavy atom. The van der Waals surface area contributed by atoms with Crippen molar-refractivity contribution in [2.24, 2.45) is 0 Å². The number of hydrogen-bond donors (Lipinski definition) is 2. The number of carboxylic acids is 1. The molecule has 1 aliphatic heterocycles. The molecule has 0 saturated carbocycles. The Bertz CT molecular complexity index is 656. The number of aromatic carboxylic acids is 1. The molecule has 0 aliphatic carbocycles. The van der Waals surface area contributed by atoms with Crippen LogP contribution < -0.4 is 4.72 Å². The van der Waals surface area contributed by atoms with E-state index in [0.717, 1.165) is 6.42 Å². The van der Waals surface area contributed by atoms with Crippen molar-refractivity contribution >= 4 is 21.7 Å².